The average Bonchev–Trinajstić information content (AvgIpc) is 2.40. The van der Waals surface area contributed by atoms with E-state index in [1.54, 1.807) is 0 Å². The standard InChI is InChI=1S/C14H17F2NO2S/c15-9-1-6-13(12(16)7-9)20-8-14(19)17-10-2-4-11(18)5-3-10/h1,6-7,10-11,18H,2-5,8H2,(H,17,19). The smallest absolute Gasteiger partial charge is 0.230 e. The van der Waals surface area contributed by atoms with Gasteiger partial charge in [0, 0.05) is 17.0 Å². The molecule has 2 N–H and O–H groups in total. The maximum absolute atomic E-state index is 13.4. The molecule has 0 unspecified atom stereocenters. The van der Waals surface area contributed by atoms with Crippen LogP contribution in [-0.2, 0) is 4.79 Å². The van der Waals surface area contributed by atoms with E-state index >= 15 is 0 Å². The third-order valence-corrected chi connectivity index (χ3v) is 4.36. The summed E-state index contributed by atoms with van der Waals surface area (Å²) < 4.78 is 26.1. The number of hydrogen-bond donors (Lipinski definition) is 2. The molecule has 3 nitrogen and oxygen atoms in total. The highest BCUT2D eigenvalue weighted by Gasteiger charge is 2.20. The van der Waals surface area contributed by atoms with Crippen LogP contribution in [0.2, 0.25) is 0 Å². The molecule has 20 heavy (non-hydrogen) atoms. The van der Waals surface area contributed by atoms with Gasteiger partial charge in [0.15, 0.2) is 0 Å². The Morgan fingerprint density at radius 3 is 2.65 bits per heavy atom. The third kappa shape index (κ3) is 4.45. The Kier molecular flexibility index (Phi) is 5.37. The number of rotatable bonds is 4. The lowest BCUT2D eigenvalue weighted by Gasteiger charge is -2.26. The molecule has 1 aliphatic carbocycles. The summed E-state index contributed by atoms with van der Waals surface area (Å²) in [6, 6.07) is 3.40. The molecule has 0 saturated heterocycles. The quantitative estimate of drug-likeness (QED) is 0.840. The predicted octanol–water partition coefficient (Wildman–Crippen LogP) is 2.48. The van der Waals surface area contributed by atoms with Crippen molar-refractivity contribution in [3.8, 4) is 0 Å². The number of halogens is 2. The number of nitrogens with one attached hydrogen (secondary N) is 1. The molecular formula is C14H17F2NO2S. The highest BCUT2D eigenvalue weighted by Crippen LogP contribution is 2.23. The Balaban J connectivity index is 1.77. The van der Waals surface area contributed by atoms with Gasteiger partial charge in [0.25, 0.3) is 0 Å². The second-order valence-corrected chi connectivity index (χ2v) is 5.95. The summed E-state index contributed by atoms with van der Waals surface area (Å²) >= 11 is 1.05. The summed E-state index contributed by atoms with van der Waals surface area (Å²) in [4.78, 5) is 12.0. The molecular weight excluding hydrogens is 284 g/mol. The van der Waals surface area contributed by atoms with Crippen molar-refractivity contribution in [1.82, 2.24) is 5.32 Å². The first kappa shape index (κ1) is 15.3. The number of carbonyl (C=O) groups is 1. The molecule has 1 aromatic carbocycles. The Hall–Kier alpha value is -1.14. The van der Waals surface area contributed by atoms with Crippen LogP contribution >= 0.6 is 11.8 Å². The van der Waals surface area contributed by atoms with E-state index in [1.165, 1.54) is 12.1 Å². The van der Waals surface area contributed by atoms with Crippen molar-refractivity contribution in [3.05, 3.63) is 29.8 Å². The first-order valence-corrected chi connectivity index (χ1v) is 7.58. The van der Waals surface area contributed by atoms with Crippen LogP contribution < -0.4 is 5.32 Å². The molecule has 6 heteroatoms. The van der Waals surface area contributed by atoms with Gasteiger partial charge in [-0.15, -0.1) is 11.8 Å². The van der Waals surface area contributed by atoms with Crippen LogP contribution in [0, 0.1) is 11.6 Å². The second kappa shape index (κ2) is 7.04. The zero-order chi connectivity index (χ0) is 14.5. The Labute approximate surface area is 120 Å². The zero-order valence-corrected chi connectivity index (χ0v) is 11.8. The van der Waals surface area contributed by atoms with Gasteiger partial charge >= 0.3 is 0 Å². The number of thioether (sulfide) groups is 1. The molecule has 1 aromatic rings. The van der Waals surface area contributed by atoms with E-state index in [4.69, 9.17) is 0 Å². The summed E-state index contributed by atoms with van der Waals surface area (Å²) in [7, 11) is 0. The van der Waals surface area contributed by atoms with E-state index in [-0.39, 0.29) is 28.7 Å². The summed E-state index contributed by atoms with van der Waals surface area (Å²) in [5.41, 5.74) is 0. The van der Waals surface area contributed by atoms with Gasteiger partial charge in [-0.2, -0.15) is 0 Å². The fraction of sp³-hybridized carbons (Fsp3) is 0.500. The monoisotopic (exact) mass is 301 g/mol. The Morgan fingerprint density at radius 1 is 1.30 bits per heavy atom. The van der Waals surface area contributed by atoms with E-state index < -0.39 is 11.6 Å². The van der Waals surface area contributed by atoms with Crippen LogP contribution in [0.25, 0.3) is 0 Å². The van der Waals surface area contributed by atoms with Crippen molar-refractivity contribution < 1.29 is 18.7 Å². The van der Waals surface area contributed by atoms with Gasteiger partial charge in [0.1, 0.15) is 11.6 Å². The molecule has 0 bridgehead atoms. The molecule has 2 rings (SSSR count). The molecule has 110 valence electrons. The van der Waals surface area contributed by atoms with Gasteiger partial charge in [0.05, 0.1) is 11.9 Å². The molecule has 1 saturated carbocycles. The van der Waals surface area contributed by atoms with E-state index in [1.807, 2.05) is 0 Å². The minimum Gasteiger partial charge on any atom is -0.393 e. The van der Waals surface area contributed by atoms with Gasteiger partial charge < -0.3 is 10.4 Å². The third-order valence-electron chi connectivity index (χ3n) is 3.31. The number of amides is 1. The first-order valence-electron chi connectivity index (χ1n) is 6.60. The van der Waals surface area contributed by atoms with Crippen molar-refractivity contribution in [2.24, 2.45) is 0 Å². The fourth-order valence-electron chi connectivity index (χ4n) is 2.23. The van der Waals surface area contributed by atoms with Gasteiger partial charge in [-0.1, -0.05) is 0 Å². The lowest BCUT2D eigenvalue weighted by atomic mass is 9.93. The average molecular weight is 301 g/mol. The maximum Gasteiger partial charge on any atom is 0.230 e. The minimum atomic E-state index is -0.649. The highest BCUT2D eigenvalue weighted by atomic mass is 32.2. The van der Waals surface area contributed by atoms with Crippen molar-refractivity contribution in [3.63, 3.8) is 0 Å². The minimum absolute atomic E-state index is 0.0876. The van der Waals surface area contributed by atoms with Crippen LogP contribution in [-0.4, -0.2) is 28.9 Å². The largest absolute Gasteiger partial charge is 0.393 e. The van der Waals surface area contributed by atoms with Crippen molar-refractivity contribution in [2.75, 3.05) is 5.75 Å². The number of hydrogen-bond acceptors (Lipinski definition) is 3. The summed E-state index contributed by atoms with van der Waals surface area (Å²) in [6.45, 7) is 0. The predicted molar refractivity (Wildman–Crippen MR) is 73.5 cm³/mol. The van der Waals surface area contributed by atoms with Crippen LogP contribution in [0.15, 0.2) is 23.1 Å². The summed E-state index contributed by atoms with van der Waals surface area (Å²) in [5.74, 6) is -1.34. The molecule has 0 aromatic heterocycles. The highest BCUT2D eigenvalue weighted by molar-refractivity contribution is 8.00. The Bertz CT molecular complexity index is 476. The molecule has 1 aliphatic rings. The molecule has 0 atom stereocenters. The van der Waals surface area contributed by atoms with Gasteiger partial charge in [-0.05, 0) is 37.8 Å². The van der Waals surface area contributed by atoms with Crippen molar-refractivity contribution in [1.29, 1.82) is 0 Å². The van der Waals surface area contributed by atoms with E-state index in [9.17, 15) is 18.7 Å². The molecule has 0 spiro atoms. The van der Waals surface area contributed by atoms with Crippen LogP contribution in [0.3, 0.4) is 0 Å². The van der Waals surface area contributed by atoms with Gasteiger partial charge in [-0.3, -0.25) is 4.79 Å². The van der Waals surface area contributed by atoms with E-state index in [0.29, 0.717) is 12.8 Å². The van der Waals surface area contributed by atoms with Crippen LogP contribution in [0.4, 0.5) is 8.78 Å². The first-order chi connectivity index (χ1) is 9.54. The number of aliphatic hydroxyl groups is 1. The number of aliphatic hydroxyl groups excluding tert-OH is 1. The number of benzene rings is 1. The van der Waals surface area contributed by atoms with Crippen molar-refractivity contribution >= 4 is 17.7 Å². The normalized spacial score (nSPS) is 22.6. The second-order valence-electron chi connectivity index (χ2n) is 4.94. The maximum atomic E-state index is 13.4. The molecule has 0 radical (unpaired) electrons. The zero-order valence-electron chi connectivity index (χ0n) is 10.9. The summed E-state index contributed by atoms with van der Waals surface area (Å²) in [6.07, 6.45) is 2.67. The lowest BCUT2D eigenvalue weighted by molar-refractivity contribution is -0.119. The van der Waals surface area contributed by atoms with Crippen LogP contribution in [0.1, 0.15) is 25.7 Å². The van der Waals surface area contributed by atoms with Gasteiger partial charge in [0.2, 0.25) is 5.91 Å². The van der Waals surface area contributed by atoms with Crippen LogP contribution in [0.5, 0.6) is 0 Å². The fourth-order valence-corrected chi connectivity index (χ4v) is 2.96. The molecule has 1 amide bonds. The summed E-state index contributed by atoms with van der Waals surface area (Å²) in [5, 5.41) is 12.3. The molecule has 0 aliphatic heterocycles. The topological polar surface area (TPSA) is 49.3 Å². The Morgan fingerprint density at radius 2 is 2.00 bits per heavy atom. The van der Waals surface area contributed by atoms with Crippen molar-refractivity contribution in [2.45, 2.75) is 42.7 Å². The molecule has 0 heterocycles. The lowest BCUT2D eigenvalue weighted by Crippen LogP contribution is -2.39. The van der Waals surface area contributed by atoms with Gasteiger partial charge in [-0.25, -0.2) is 8.78 Å². The van der Waals surface area contributed by atoms with E-state index in [2.05, 4.69) is 5.32 Å². The van der Waals surface area contributed by atoms with E-state index in [0.717, 1.165) is 30.7 Å². The SMILES string of the molecule is O=C(CSc1ccc(F)cc1F)NC1CCC(O)CC1. The molecule has 1 fully saturated rings. The number of carbonyl (C=O) groups excluding carboxylic acids is 1.